The fourth-order valence-electron chi connectivity index (χ4n) is 2.83. The van der Waals surface area contributed by atoms with Gasteiger partial charge in [0.1, 0.15) is 0 Å². The Labute approximate surface area is 128 Å². The fourth-order valence-corrected chi connectivity index (χ4v) is 2.83. The lowest BCUT2D eigenvalue weighted by Gasteiger charge is -2.34. The number of ether oxygens (including phenoxy) is 1. The molecule has 1 aliphatic heterocycles. The molecule has 1 N–H and O–H groups in total. The normalized spacial score (nSPS) is 17.1. The number of aliphatic hydroxyl groups is 1. The number of aliphatic hydroxyl groups excluding tert-OH is 1. The first-order valence-corrected chi connectivity index (χ1v) is 7.20. The summed E-state index contributed by atoms with van der Waals surface area (Å²) in [5, 5.41) is 20.7. The van der Waals surface area contributed by atoms with Gasteiger partial charge >= 0.3 is 5.97 Å². The van der Waals surface area contributed by atoms with Gasteiger partial charge in [-0.25, -0.2) is 4.79 Å². The van der Waals surface area contributed by atoms with Crippen LogP contribution in [0.25, 0.3) is 0 Å². The van der Waals surface area contributed by atoms with Gasteiger partial charge in [-0.05, 0) is 37.8 Å². The average molecular weight is 308 g/mol. The van der Waals surface area contributed by atoms with E-state index in [1.165, 1.54) is 13.2 Å². The Morgan fingerprint density at radius 3 is 2.59 bits per heavy atom. The lowest BCUT2D eigenvalue weighted by Crippen LogP contribution is -2.41. The van der Waals surface area contributed by atoms with E-state index in [0.717, 1.165) is 5.69 Å². The first kappa shape index (κ1) is 16.2. The molecule has 1 saturated heterocycles. The molecule has 1 aromatic rings. The number of carbonyl (C=O) groups is 1. The van der Waals surface area contributed by atoms with Crippen LogP contribution in [0.1, 0.15) is 18.4 Å². The monoisotopic (exact) mass is 308 g/mol. The molecule has 22 heavy (non-hydrogen) atoms. The van der Waals surface area contributed by atoms with Crippen LogP contribution in [0.3, 0.4) is 0 Å². The van der Waals surface area contributed by atoms with Crippen molar-refractivity contribution >= 4 is 17.3 Å². The Hall–Kier alpha value is -2.15. The minimum absolute atomic E-state index is 0.108. The summed E-state index contributed by atoms with van der Waals surface area (Å²) in [6.07, 6.45) is 0.268. The van der Waals surface area contributed by atoms with Crippen molar-refractivity contribution in [2.75, 3.05) is 25.1 Å². The summed E-state index contributed by atoms with van der Waals surface area (Å²) < 4.78 is 4.56. The van der Waals surface area contributed by atoms with Crippen LogP contribution in [0.5, 0.6) is 0 Å². The number of hydrogen-bond donors (Lipinski definition) is 1. The Bertz CT molecular complexity index is 567. The summed E-state index contributed by atoms with van der Waals surface area (Å²) in [6, 6.07) is 5.05. The number of nitro benzene ring substituents is 1. The van der Waals surface area contributed by atoms with E-state index >= 15 is 0 Å². The second kappa shape index (κ2) is 6.74. The van der Waals surface area contributed by atoms with Gasteiger partial charge in [-0.2, -0.15) is 0 Å². The lowest BCUT2D eigenvalue weighted by molar-refractivity contribution is -0.385. The molecule has 1 aliphatic rings. The Balaban J connectivity index is 2.01. The number of nitro groups is 1. The third-order valence-corrected chi connectivity index (χ3v) is 4.17. The first-order valence-electron chi connectivity index (χ1n) is 7.20. The van der Waals surface area contributed by atoms with Crippen molar-refractivity contribution in [2.24, 2.45) is 5.92 Å². The standard InChI is InChI=1S/C15H20N2O5/c1-10-9-12(3-4-13(10)17(20)21)16-7-5-11(6-8-16)14(18)15(19)22-2/h3-4,9,11,14,18H,5-8H2,1-2H3. The van der Waals surface area contributed by atoms with Gasteiger partial charge in [0.2, 0.25) is 0 Å². The number of methoxy groups -OCH3 is 1. The lowest BCUT2D eigenvalue weighted by atomic mass is 9.91. The average Bonchev–Trinajstić information content (AvgIpc) is 2.53. The Morgan fingerprint density at radius 2 is 2.09 bits per heavy atom. The molecule has 0 saturated carbocycles. The van der Waals surface area contributed by atoms with Crippen LogP contribution >= 0.6 is 0 Å². The molecule has 1 aromatic carbocycles. The van der Waals surface area contributed by atoms with Crippen LogP contribution in [0, 0.1) is 23.0 Å². The quantitative estimate of drug-likeness (QED) is 0.516. The highest BCUT2D eigenvalue weighted by atomic mass is 16.6. The fraction of sp³-hybridized carbons (Fsp3) is 0.533. The van der Waals surface area contributed by atoms with Crippen LogP contribution in [0.15, 0.2) is 18.2 Å². The molecule has 1 heterocycles. The molecule has 0 spiro atoms. The van der Waals surface area contributed by atoms with E-state index in [4.69, 9.17) is 0 Å². The van der Waals surface area contributed by atoms with Gasteiger partial charge in [-0.3, -0.25) is 10.1 Å². The maximum Gasteiger partial charge on any atom is 0.334 e. The second-order valence-electron chi connectivity index (χ2n) is 5.52. The van der Waals surface area contributed by atoms with E-state index in [1.807, 2.05) is 0 Å². The molecular formula is C15H20N2O5. The smallest absolute Gasteiger partial charge is 0.334 e. The summed E-state index contributed by atoms with van der Waals surface area (Å²) in [5.41, 5.74) is 1.66. The molecule has 7 nitrogen and oxygen atoms in total. The number of benzene rings is 1. The largest absolute Gasteiger partial charge is 0.467 e. The molecule has 1 unspecified atom stereocenters. The van der Waals surface area contributed by atoms with E-state index in [1.54, 1.807) is 19.1 Å². The van der Waals surface area contributed by atoms with Crippen molar-refractivity contribution in [3.05, 3.63) is 33.9 Å². The van der Waals surface area contributed by atoms with E-state index in [2.05, 4.69) is 9.64 Å². The van der Waals surface area contributed by atoms with Crippen molar-refractivity contribution in [1.82, 2.24) is 0 Å². The highest BCUT2D eigenvalue weighted by molar-refractivity contribution is 5.74. The molecule has 0 radical (unpaired) electrons. The minimum Gasteiger partial charge on any atom is -0.467 e. The molecular weight excluding hydrogens is 288 g/mol. The zero-order chi connectivity index (χ0) is 16.3. The molecule has 0 amide bonds. The van der Waals surface area contributed by atoms with Gasteiger partial charge < -0.3 is 14.7 Å². The van der Waals surface area contributed by atoms with E-state index in [0.29, 0.717) is 31.5 Å². The van der Waals surface area contributed by atoms with Gasteiger partial charge in [0.25, 0.3) is 5.69 Å². The number of esters is 1. The van der Waals surface area contributed by atoms with Crippen molar-refractivity contribution in [2.45, 2.75) is 25.9 Å². The zero-order valence-electron chi connectivity index (χ0n) is 12.7. The summed E-state index contributed by atoms with van der Waals surface area (Å²) in [4.78, 5) is 23.9. The van der Waals surface area contributed by atoms with Gasteiger partial charge in [0.05, 0.1) is 12.0 Å². The SMILES string of the molecule is COC(=O)C(O)C1CCN(c2ccc([N+](=O)[O-])c(C)c2)CC1. The van der Waals surface area contributed by atoms with E-state index in [9.17, 15) is 20.0 Å². The summed E-state index contributed by atoms with van der Waals surface area (Å²) in [7, 11) is 1.26. The van der Waals surface area contributed by atoms with Gasteiger partial charge in [-0.15, -0.1) is 0 Å². The number of nitrogens with zero attached hydrogens (tertiary/aromatic N) is 2. The molecule has 2 rings (SSSR count). The molecule has 120 valence electrons. The molecule has 1 atom stereocenters. The van der Waals surface area contributed by atoms with Gasteiger partial charge in [0.15, 0.2) is 6.10 Å². The van der Waals surface area contributed by atoms with Gasteiger partial charge in [-0.1, -0.05) is 0 Å². The number of rotatable bonds is 4. The van der Waals surface area contributed by atoms with Crippen molar-refractivity contribution in [3.63, 3.8) is 0 Å². The summed E-state index contributed by atoms with van der Waals surface area (Å²) >= 11 is 0. The highest BCUT2D eigenvalue weighted by Crippen LogP contribution is 2.29. The summed E-state index contributed by atoms with van der Waals surface area (Å²) in [6.45, 7) is 3.10. The number of piperidine rings is 1. The topological polar surface area (TPSA) is 92.9 Å². The molecule has 1 fully saturated rings. The van der Waals surface area contributed by atoms with Crippen LogP contribution in [-0.2, 0) is 9.53 Å². The predicted molar refractivity (Wildman–Crippen MR) is 80.8 cm³/mol. The van der Waals surface area contributed by atoms with Crippen molar-refractivity contribution < 1.29 is 19.6 Å². The molecule has 0 aromatic heterocycles. The number of anilines is 1. The minimum atomic E-state index is -1.08. The predicted octanol–water partition coefficient (Wildman–Crippen LogP) is 1.65. The number of aryl methyl sites for hydroxylation is 1. The van der Waals surface area contributed by atoms with Crippen molar-refractivity contribution in [1.29, 1.82) is 0 Å². The maximum atomic E-state index is 11.4. The second-order valence-corrected chi connectivity index (χ2v) is 5.52. The Kier molecular flexibility index (Phi) is 4.97. The maximum absolute atomic E-state index is 11.4. The highest BCUT2D eigenvalue weighted by Gasteiger charge is 2.30. The van der Waals surface area contributed by atoms with E-state index in [-0.39, 0.29) is 11.6 Å². The third kappa shape index (κ3) is 3.36. The number of carbonyl (C=O) groups excluding carboxylic acids is 1. The first-order chi connectivity index (χ1) is 10.4. The molecule has 0 aliphatic carbocycles. The van der Waals surface area contributed by atoms with Crippen LogP contribution in [-0.4, -0.2) is 42.3 Å². The summed E-state index contributed by atoms with van der Waals surface area (Å²) in [5.74, 6) is -0.701. The Morgan fingerprint density at radius 1 is 1.45 bits per heavy atom. The third-order valence-electron chi connectivity index (χ3n) is 4.17. The zero-order valence-corrected chi connectivity index (χ0v) is 12.7. The number of hydrogen-bond acceptors (Lipinski definition) is 6. The van der Waals surface area contributed by atoms with Crippen LogP contribution in [0.2, 0.25) is 0 Å². The van der Waals surface area contributed by atoms with E-state index < -0.39 is 17.0 Å². The molecule has 7 heteroatoms. The van der Waals surface area contributed by atoms with Crippen LogP contribution in [0.4, 0.5) is 11.4 Å². The molecule has 0 bridgehead atoms. The van der Waals surface area contributed by atoms with Gasteiger partial charge in [0, 0.05) is 30.4 Å². The van der Waals surface area contributed by atoms with Crippen LogP contribution < -0.4 is 4.90 Å². The van der Waals surface area contributed by atoms with Crippen molar-refractivity contribution in [3.8, 4) is 0 Å².